The van der Waals surface area contributed by atoms with E-state index in [0.717, 1.165) is 12.1 Å². The number of nitrogens with one attached hydrogen (secondary N) is 1. The molecule has 24 heavy (non-hydrogen) atoms. The van der Waals surface area contributed by atoms with E-state index in [1.165, 1.54) is 13.0 Å². The van der Waals surface area contributed by atoms with Gasteiger partial charge in [-0.2, -0.15) is 13.2 Å². The zero-order valence-corrected chi connectivity index (χ0v) is 12.5. The summed E-state index contributed by atoms with van der Waals surface area (Å²) in [7, 11) is 0. The molecule has 7 heteroatoms. The number of H-pyrrole nitrogens is 1. The number of alkyl halides is 3. The summed E-state index contributed by atoms with van der Waals surface area (Å²) in [6.07, 6.45) is -4.84. The second kappa shape index (κ2) is 5.36. The molecule has 0 amide bonds. The van der Waals surface area contributed by atoms with E-state index in [-0.39, 0.29) is 5.56 Å². The smallest absolute Gasteiger partial charge is 0.399 e. The number of nitrogen functional groups attached to an aromatic ring is 1. The van der Waals surface area contributed by atoms with Gasteiger partial charge in [0.25, 0.3) is 0 Å². The number of fused-ring (bicyclic) bond motifs is 1. The van der Waals surface area contributed by atoms with Crippen LogP contribution < -0.4 is 5.73 Å². The predicted octanol–water partition coefficient (Wildman–Crippen LogP) is 4.45. The van der Waals surface area contributed by atoms with Gasteiger partial charge in [0.1, 0.15) is 5.82 Å². The molecule has 1 heterocycles. The monoisotopic (exact) mass is 336 g/mol. The number of nitrogens with two attached hydrogens (primary N) is 1. The van der Waals surface area contributed by atoms with Gasteiger partial charge in [0.05, 0.1) is 16.7 Å². The lowest BCUT2D eigenvalue weighted by atomic mass is 9.95. The van der Waals surface area contributed by atoms with Crippen LogP contribution in [0.5, 0.6) is 0 Å². The van der Waals surface area contributed by atoms with Crippen LogP contribution in [0.1, 0.15) is 27.2 Å². The van der Waals surface area contributed by atoms with Crippen LogP contribution >= 0.6 is 0 Å². The second-order valence-electron chi connectivity index (χ2n) is 5.42. The summed E-state index contributed by atoms with van der Waals surface area (Å²) in [4.78, 5) is 15.6. The first kappa shape index (κ1) is 16.0. The molecule has 3 rings (SSSR count). The van der Waals surface area contributed by atoms with E-state index < -0.39 is 28.9 Å². The number of aromatic nitrogens is 1. The Hall–Kier alpha value is -2.83. The molecule has 3 nitrogen and oxygen atoms in total. The summed E-state index contributed by atoms with van der Waals surface area (Å²) in [5.74, 6) is -2.25. The summed E-state index contributed by atoms with van der Waals surface area (Å²) in [6.45, 7) is 1.54. The van der Waals surface area contributed by atoms with Gasteiger partial charge in [0, 0.05) is 22.3 Å². The van der Waals surface area contributed by atoms with E-state index in [1.54, 1.807) is 12.1 Å². The van der Waals surface area contributed by atoms with Crippen molar-refractivity contribution in [2.45, 2.75) is 13.1 Å². The van der Waals surface area contributed by atoms with Crippen molar-refractivity contribution in [2.75, 3.05) is 5.73 Å². The van der Waals surface area contributed by atoms with Gasteiger partial charge in [0.2, 0.25) is 0 Å². The maximum Gasteiger partial charge on any atom is 0.417 e. The van der Waals surface area contributed by atoms with Crippen LogP contribution in [-0.4, -0.2) is 10.8 Å². The molecule has 0 saturated carbocycles. The fourth-order valence-electron chi connectivity index (χ4n) is 2.75. The van der Waals surface area contributed by atoms with E-state index in [9.17, 15) is 22.4 Å². The molecular weight excluding hydrogens is 324 g/mol. The van der Waals surface area contributed by atoms with Crippen LogP contribution in [0.4, 0.5) is 23.2 Å². The topological polar surface area (TPSA) is 58.9 Å². The van der Waals surface area contributed by atoms with Crippen LogP contribution in [0.2, 0.25) is 0 Å². The molecule has 0 saturated heterocycles. The van der Waals surface area contributed by atoms with Crippen molar-refractivity contribution < 1.29 is 22.4 Å². The summed E-state index contributed by atoms with van der Waals surface area (Å²) >= 11 is 0. The Labute approximate surface area is 134 Å². The number of rotatable bonds is 2. The van der Waals surface area contributed by atoms with Gasteiger partial charge in [-0.25, -0.2) is 4.39 Å². The first-order chi connectivity index (χ1) is 11.2. The number of carbonyl (C=O) groups is 1. The number of hydrogen-bond acceptors (Lipinski definition) is 2. The van der Waals surface area contributed by atoms with E-state index >= 15 is 0 Å². The van der Waals surface area contributed by atoms with E-state index in [4.69, 9.17) is 5.73 Å². The maximum atomic E-state index is 14.1. The van der Waals surface area contributed by atoms with Gasteiger partial charge in [-0.3, -0.25) is 4.79 Å². The molecule has 0 aliphatic rings. The van der Waals surface area contributed by atoms with Crippen molar-refractivity contribution >= 4 is 22.4 Å². The molecule has 0 fully saturated rings. The molecule has 0 aliphatic carbocycles. The van der Waals surface area contributed by atoms with Crippen molar-refractivity contribution in [1.29, 1.82) is 0 Å². The Balaban J connectivity index is 2.29. The highest BCUT2D eigenvalue weighted by Crippen LogP contribution is 2.36. The third-order valence-corrected chi connectivity index (χ3v) is 3.78. The molecule has 0 unspecified atom stereocenters. The van der Waals surface area contributed by atoms with Crippen molar-refractivity contribution in [1.82, 2.24) is 4.98 Å². The fourth-order valence-corrected chi connectivity index (χ4v) is 2.75. The molecule has 0 atom stereocenters. The average molecular weight is 336 g/mol. The van der Waals surface area contributed by atoms with Crippen LogP contribution in [0.3, 0.4) is 0 Å². The van der Waals surface area contributed by atoms with E-state index in [1.807, 2.05) is 0 Å². The minimum absolute atomic E-state index is 0.0205. The molecule has 1 aromatic heterocycles. The van der Waals surface area contributed by atoms with Crippen molar-refractivity contribution in [2.24, 2.45) is 0 Å². The van der Waals surface area contributed by atoms with Crippen molar-refractivity contribution in [3.05, 3.63) is 64.6 Å². The molecule has 0 bridgehead atoms. The van der Waals surface area contributed by atoms with E-state index in [2.05, 4.69) is 4.98 Å². The zero-order valence-electron chi connectivity index (χ0n) is 12.5. The highest BCUT2D eigenvalue weighted by atomic mass is 19.4. The lowest BCUT2D eigenvalue weighted by Gasteiger charge is -2.13. The molecule has 0 spiro atoms. The van der Waals surface area contributed by atoms with Crippen LogP contribution in [0, 0.1) is 12.7 Å². The minimum Gasteiger partial charge on any atom is -0.399 e. The zero-order chi connectivity index (χ0) is 17.6. The number of hydrogen-bond donors (Lipinski definition) is 2. The fraction of sp³-hybridized carbons (Fsp3) is 0.118. The number of aromatic amines is 1. The molecule has 3 N–H and O–H groups in total. The van der Waals surface area contributed by atoms with Crippen molar-refractivity contribution in [3.8, 4) is 0 Å². The third kappa shape index (κ3) is 2.51. The summed E-state index contributed by atoms with van der Waals surface area (Å²) in [5, 5.41) is 0.355. The van der Waals surface area contributed by atoms with Crippen LogP contribution in [-0.2, 0) is 6.18 Å². The van der Waals surface area contributed by atoms with Gasteiger partial charge in [-0.1, -0.05) is 6.07 Å². The van der Waals surface area contributed by atoms with Gasteiger partial charge < -0.3 is 10.7 Å². The predicted molar refractivity (Wildman–Crippen MR) is 82.3 cm³/mol. The van der Waals surface area contributed by atoms with Gasteiger partial charge in [-0.05, 0) is 37.3 Å². The molecule has 124 valence electrons. The molecule has 0 radical (unpaired) electrons. The average Bonchev–Trinajstić information content (AvgIpc) is 2.80. The van der Waals surface area contributed by atoms with Crippen molar-refractivity contribution in [3.63, 3.8) is 0 Å². The first-order valence-corrected chi connectivity index (χ1v) is 6.98. The SMILES string of the molecule is Cc1[nH]c2ccc(N)cc2c1C(=O)c1c(F)cccc1C(F)(F)F. The Morgan fingerprint density at radius 1 is 1.12 bits per heavy atom. The van der Waals surface area contributed by atoms with E-state index in [0.29, 0.717) is 28.4 Å². The quantitative estimate of drug-likeness (QED) is 0.413. The number of carbonyl (C=O) groups excluding carboxylic acids is 1. The normalized spacial score (nSPS) is 11.9. The lowest BCUT2D eigenvalue weighted by Crippen LogP contribution is -2.16. The minimum atomic E-state index is -4.84. The maximum absolute atomic E-state index is 14.1. The number of ketones is 1. The summed E-state index contributed by atoms with van der Waals surface area (Å²) < 4.78 is 53.6. The molecule has 2 aromatic carbocycles. The Morgan fingerprint density at radius 3 is 2.50 bits per heavy atom. The van der Waals surface area contributed by atoms with Gasteiger partial charge in [0.15, 0.2) is 5.78 Å². The van der Waals surface area contributed by atoms with Gasteiger partial charge in [-0.15, -0.1) is 0 Å². The number of aryl methyl sites for hydroxylation is 1. The van der Waals surface area contributed by atoms with Crippen LogP contribution in [0.25, 0.3) is 10.9 Å². The first-order valence-electron chi connectivity index (χ1n) is 6.98. The number of anilines is 1. The summed E-state index contributed by atoms with van der Waals surface area (Å²) in [6, 6.07) is 7.13. The number of halogens is 4. The molecular formula is C17H12F4N2O. The molecule has 0 aliphatic heterocycles. The lowest BCUT2D eigenvalue weighted by molar-refractivity contribution is -0.138. The van der Waals surface area contributed by atoms with Gasteiger partial charge >= 0.3 is 6.18 Å². The van der Waals surface area contributed by atoms with Crippen LogP contribution in [0.15, 0.2) is 36.4 Å². The standard InChI is InChI=1S/C17H12F4N2O/c1-8-14(10-7-9(22)5-6-13(10)23-8)16(24)15-11(17(19,20)21)3-2-4-12(15)18/h2-7,23H,22H2,1H3. The highest BCUT2D eigenvalue weighted by molar-refractivity contribution is 6.18. The second-order valence-corrected chi connectivity index (χ2v) is 5.42. The Bertz CT molecular complexity index is 957. The highest BCUT2D eigenvalue weighted by Gasteiger charge is 2.37. The third-order valence-electron chi connectivity index (χ3n) is 3.78. The largest absolute Gasteiger partial charge is 0.417 e. The number of benzene rings is 2. The molecule has 3 aromatic rings. The Kier molecular flexibility index (Phi) is 3.59. The Morgan fingerprint density at radius 2 is 1.83 bits per heavy atom. The summed E-state index contributed by atoms with van der Waals surface area (Å²) in [5.41, 5.74) is 4.61.